The third-order valence-corrected chi connectivity index (χ3v) is 10.8. The Bertz CT molecular complexity index is 3190. The summed E-state index contributed by atoms with van der Waals surface area (Å²) in [7, 11) is 0. The van der Waals surface area contributed by atoms with Gasteiger partial charge in [-0.05, 0) is 41.3 Å². The molecule has 0 amide bonds. The summed E-state index contributed by atoms with van der Waals surface area (Å²) in [5.41, 5.74) is 11.4. The Morgan fingerprint density at radius 1 is 0.298 bits per heavy atom. The molecule has 0 aliphatic heterocycles. The molecule has 0 N–H and O–H groups in total. The normalized spacial score (nSPS) is 11.5. The molecule has 0 aliphatic carbocycles. The molecule has 5 heteroatoms. The van der Waals surface area contributed by atoms with E-state index in [1.807, 2.05) is 60.7 Å². The molecule has 8 aromatic carbocycles. The standard InChI is InChI=1S/C52H33N5/c1-5-16-35(17-6-1)48-45-33-47-44(41-24-13-14-27-46(41)57(47)39-22-11-4-12-23-39)32-43(45)42-26-15-25-40(49(42)53-48)34-28-30-38(31-29-34)52-55-50(36-18-7-2-8-19-36)54-51(56-52)37-20-9-3-10-21-37/h1-33H. The molecular formula is C52H33N5. The van der Waals surface area contributed by atoms with Crippen molar-refractivity contribution >= 4 is 43.5 Å². The monoisotopic (exact) mass is 727 g/mol. The van der Waals surface area contributed by atoms with Crippen LogP contribution in [0, 0.1) is 0 Å². The lowest BCUT2D eigenvalue weighted by Crippen LogP contribution is -2.00. The van der Waals surface area contributed by atoms with Gasteiger partial charge in [0.1, 0.15) is 0 Å². The topological polar surface area (TPSA) is 56.5 Å². The Labute approximate surface area is 329 Å². The molecule has 0 saturated carbocycles. The number of hydrogen-bond acceptors (Lipinski definition) is 4. The van der Waals surface area contributed by atoms with Crippen molar-refractivity contribution in [3.05, 3.63) is 200 Å². The van der Waals surface area contributed by atoms with Gasteiger partial charge in [-0.15, -0.1) is 0 Å². The Hall–Kier alpha value is -7.76. The van der Waals surface area contributed by atoms with Gasteiger partial charge in [-0.2, -0.15) is 0 Å². The van der Waals surface area contributed by atoms with Crippen molar-refractivity contribution < 1.29 is 0 Å². The third-order valence-electron chi connectivity index (χ3n) is 10.8. The summed E-state index contributed by atoms with van der Waals surface area (Å²) >= 11 is 0. The summed E-state index contributed by atoms with van der Waals surface area (Å²) in [5, 5.41) is 5.84. The average Bonchev–Trinajstić information content (AvgIpc) is 3.62. The Morgan fingerprint density at radius 2 is 0.807 bits per heavy atom. The van der Waals surface area contributed by atoms with E-state index < -0.39 is 0 Å². The first-order valence-corrected chi connectivity index (χ1v) is 19.1. The summed E-state index contributed by atoms with van der Waals surface area (Å²) in [6, 6.07) is 69.8. The molecule has 0 atom stereocenters. The first kappa shape index (κ1) is 32.7. The highest BCUT2D eigenvalue weighted by Gasteiger charge is 2.19. The summed E-state index contributed by atoms with van der Waals surface area (Å²) in [6.07, 6.45) is 0. The fourth-order valence-electron chi connectivity index (χ4n) is 8.13. The van der Waals surface area contributed by atoms with Crippen LogP contribution in [0.3, 0.4) is 0 Å². The summed E-state index contributed by atoms with van der Waals surface area (Å²) in [5.74, 6) is 1.91. The molecule has 0 spiro atoms. The minimum absolute atomic E-state index is 0.626. The second-order valence-corrected chi connectivity index (χ2v) is 14.2. The van der Waals surface area contributed by atoms with Crippen LogP contribution in [0.2, 0.25) is 0 Å². The molecule has 0 bridgehead atoms. The molecule has 3 heterocycles. The zero-order valence-electron chi connectivity index (χ0n) is 30.8. The van der Waals surface area contributed by atoms with Gasteiger partial charge in [0.25, 0.3) is 0 Å². The second-order valence-electron chi connectivity index (χ2n) is 14.2. The molecular weight excluding hydrogens is 695 g/mol. The second kappa shape index (κ2) is 13.5. The van der Waals surface area contributed by atoms with Crippen LogP contribution in [0.1, 0.15) is 0 Å². The molecule has 0 radical (unpaired) electrons. The Kier molecular flexibility index (Phi) is 7.74. The Balaban J connectivity index is 1.10. The maximum atomic E-state index is 5.54. The van der Waals surface area contributed by atoms with Gasteiger partial charge in [-0.1, -0.05) is 170 Å². The summed E-state index contributed by atoms with van der Waals surface area (Å²) in [4.78, 5) is 20.3. The third kappa shape index (κ3) is 5.64. The lowest BCUT2D eigenvalue weighted by Gasteiger charge is -2.15. The van der Waals surface area contributed by atoms with Crippen molar-refractivity contribution in [2.24, 2.45) is 0 Å². The van der Waals surface area contributed by atoms with E-state index >= 15 is 0 Å². The van der Waals surface area contributed by atoms with E-state index in [0.29, 0.717) is 17.5 Å². The number of rotatable bonds is 6. The van der Waals surface area contributed by atoms with Crippen LogP contribution in [0.4, 0.5) is 0 Å². The molecule has 11 aromatic rings. The summed E-state index contributed by atoms with van der Waals surface area (Å²) in [6.45, 7) is 0. The lowest BCUT2D eigenvalue weighted by molar-refractivity contribution is 1.07. The molecule has 0 unspecified atom stereocenters. The number of aromatic nitrogens is 5. The van der Waals surface area contributed by atoms with Crippen molar-refractivity contribution in [2.45, 2.75) is 0 Å². The predicted molar refractivity (Wildman–Crippen MR) is 234 cm³/mol. The van der Waals surface area contributed by atoms with Crippen LogP contribution in [0.5, 0.6) is 0 Å². The van der Waals surface area contributed by atoms with Gasteiger partial charge in [0.15, 0.2) is 17.5 Å². The van der Waals surface area contributed by atoms with E-state index in [1.165, 1.54) is 21.7 Å². The zero-order valence-corrected chi connectivity index (χ0v) is 30.8. The van der Waals surface area contributed by atoms with Crippen molar-refractivity contribution in [1.82, 2.24) is 24.5 Å². The molecule has 5 nitrogen and oxygen atoms in total. The summed E-state index contributed by atoms with van der Waals surface area (Å²) < 4.78 is 2.37. The number of benzene rings is 8. The van der Waals surface area contributed by atoms with Gasteiger partial charge < -0.3 is 4.57 Å². The zero-order chi connectivity index (χ0) is 37.7. The van der Waals surface area contributed by atoms with Crippen LogP contribution >= 0.6 is 0 Å². The number of para-hydroxylation sites is 3. The minimum Gasteiger partial charge on any atom is -0.309 e. The van der Waals surface area contributed by atoms with Gasteiger partial charge in [0.05, 0.1) is 22.2 Å². The van der Waals surface area contributed by atoms with Gasteiger partial charge in [-0.25, -0.2) is 19.9 Å². The smallest absolute Gasteiger partial charge is 0.164 e. The van der Waals surface area contributed by atoms with Crippen molar-refractivity contribution in [3.8, 4) is 62.2 Å². The van der Waals surface area contributed by atoms with Crippen LogP contribution in [0.25, 0.3) is 106 Å². The van der Waals surface area contributed by atoms with E-state index in [4.69, 9.17) is 19.9 Å². The number of pyridine rings is 1. The lowest BCUT2D eigenvalue weighted by atomic mass is 9.94. The molecule has 0 fully saturated rings. The van der Waals surface area contributed by atoms with E-state index in [-0.39, 0.29) is 0 Å². The SMILES string of the molecule is c1ccc(-c2nc(-c3ccccc3)nc(-c3ccc(-c4cccc5c4nc(-c4ccccc4)c4cc6c(cc45)c4ccccc4n6-c4ccccc4)cc3)n2)cc1. The van der Waals surface area contributed by atoms with Crippen molar-refractivity contribution in [1.29, 1.82) is 0 Å². The van der Waals surface area contributed by atoms with Crippen LogP contribution in [-0.4, -0.2) is 24.5 Å². The van der Waals surface area contributed by atoms with E-state index in [9.17, 15) is 0 Å². The maximum absolute atomic E-state index is 5.54. The van der Waals surface area contributed by atoms with Gasteiger partial charge in [0, 0.05) is 55.0 Å². The highest BCUT2D eigenvalue weighted by atomic mass is 15.0. The van der Waals surface area contributed by atoms with E-state index in [1.54, 1.807) is 0 Å². The van der Waals surface area contributed by atoms with E-state index in [2.05, 4.69) is 144 Å². The number of fused-ring (bicyclic) bond motifs is 6. The number of nitrogens with zero attached hydrogens (tertiary/aromatic N) is 5. The van der Waals surface area contributed by atoms with Crippen LogP contribution in [-0.2, 0) is 0 Å². The Morgan fingerprint density at radius 3 is 1.44 bits per heavy atom. The van der Waals surface area contributed by atoms with Gasteiger partial charge in [0.2, 0.25) is 0 Å². The predicted octanol–water partition coefficient (Wildman–Crippen LogP) is 13.0. The fraction of sp³-hybridized carbons (Fsp3) is 0. The highest BCUT2D eigenvalue weighted by molar-refractivity contribution is 6.21. The first-order valence-electron chi connectivity index (χ1n) is 19.1. The van der Waals surface area contributed by atoms with Crippen molar-refractivity contribution in [2.75, 3.05) is 0 Å². The fourth-order valence-corrected chi connectivity index (χ4v) is 8.13. The van der Waals surface area contributed by atoms with E-state index in [0.717, 1.165) is 66.6 Å². The van der Waals surface area contributed by atoms with Crippen molar-refractivity contribution in [3.63, 3.8) is 0 Å². The quantitative estimate of drug-likeness (QED) is 0.160. The molecule has 0 aliphatic rings. The molecule has 3 aromatic heterocycles. The van der Waals surface area contributed by atoms with Crippen LogP contribution < -0.4 is 0 Å². The molecule has 0 saturated heterocycles. The van der Waals surface area contributed by atoms with Gasteiger partial charge >= 0.3 is 0 Å². The maximum Gasteiger partial charge on any atom is 0.164 e. The van der Waals surface area contributed by atoms with Crippen LogP contribution in [0.15, 0.2) is 200 Å². The first-order chi connectivity index (χ1) is 28.3. The average molecular weight is 728 g/mol. The minimum atomic E-state index is 0.626. The largest absolute Gasteiger partial charge is 0.309 e. The molecule has 266 valence electrons. The highest BCUT2D eigenvalue weighted by Crippen LogP contribution is 2.42. The molecule has 11 rings (SSSR count). The van der Waals surface area contributed by atoms with Gasteiger partial charge in [-0.3, -0.25) is 0 Å². The number of hydrogen-bond donors (Lipinski definition) is 0. The molecule has 57 heavy (non-hydrogen) atoms.